The van der Waals surface area contributed by atoms with Gasteiger partial charge in [0.15, 0.2) is 0 Å². The largest absolute Gasteiger partial charge is 0.475 e. The normalized spacial score (nSPS) is 10.2. The minimum atomic E-state index is -1.02. The fourth-order valence-electron chi connectivity index (χ4n) is 1.32. The van der Waals surface area contributed by atoms with Crippen LogP contribution in [0.25, 0.3) is 0 Å². The summed E-state index contributed by atoms with van der Waals surface area (Å²) in [6.45, 7) is 7.08. The third-order valence-electron chi connectivity index (χ3n) is 2.12. The molecule has 0 aliphatic rings. The molecule has 88 valence electrons. The van der Waals surface area contributed by atoms with E-state index in [0.717, 1.165) is 6.54 Å². The van der Waals surface area contributed by atoms with Gasteiger partial charge in [-0.25, -0.2) is 4.79 Å². The molecule has 0 unspecified atom stereocenters. The summed E-state index contributed by atoms with van der Waals surface area (Å²) in [6, 6.07) is 1.75. The van der Waals surface area contributed by atoms with Gasteiger partial charge in [-0.1, -0.05) is 11.6 Å². The highest BCUT2D eigenvalue weighted by molar-refractivity contribution is 5.86. The monoisotopic (exact) mass is 223 g/mol. The lowest BCUT2D eigenvalue weighted by Crippen LogP contribution is -2.12. The van der Waals surface area contributed by atoms with Crippen LogP contribution in [0.4, 0.5) is 0 Å². The minimum absolute atomic E-state index is 0.0269. The quantitative estimate of drug-likeness (QED) is 0.594. The molecule has 2 N–H and O–H groups in total. The van der Waals surface area contributed by atoms with Gasteiger partial charge in [-0.05, 0) is 26.8 Å². The maximum Gasteiger partial charge on any atom is 0.372 e. The molecule has 0 atom stereocenters. The summed E-state index contributed by atoms with van der Waals surface area (Å²) >= 11 is 0. The van der Waals surface area contributed by atoms with Crippen LogP contribution in [0.3, 0.4) is 0 Å². The van der Waals surface area contributed by atoms with Gasteiger partial charge in [0, 0.05) is 12.1 Å². The number of rotatable bonds is 5. The number of allylic oxidation sites excluding steroid dienone is 1. The van der Waals surface area contributed by atoms with Crippen LogP contribution in [0.2, 0.25) is 0 Å². The summed E-state index contributed by atoms with van der Waals surface area (Å²) in [6.07, 6.45) is 2.06. The molecule has 0 amide bonds. The summed E-state index contributed by atoms with van der Waals surface area (Å²) < 4.78 is 5.20. The predicted octanol–water partition coefficient (Wildman–Crippen LogP) is 2.34. The van der Waals surface area contributed by atoms with Gasteiger partial charge in [0.05, 0.1) is 6.54 Å². The molecule has 0 aliphatic heterocycles. The number of hydrogen-bond donors (Lipinski definition) is 2. The predicted molar refractivity (Wildman–Crippen MR) is 61.5 cm³/mol. The third-order valence-corrected chi connectivity index (χ3v) is 2.12. The van der Waals surface area contributed by atoms with Crippen LogP contribution in [-0.2, 0) is 6.54 Å². The van der Waals surface area contributed by atoms with Crippen LogP contribution < -0.4 is 5.32 Å². The second-order valence-electron chi connectivity index (χ2n) is 3.94. The second-order valence-corrected chi connectivity index (χ2v) is 3.94. The van der Waals surface area contributed by atoms with E-state index >= 15 is 0 Å². The molecule has 1 aromatic rings. The van der Waals surface area contributed by atoms with Crippen molar-refractivity contribution in [1.82, 2.24) is 5.32 Å². The number of carboxylic acid groups (broad SMARTS) is 1. The zero-order valence-electron chi connectivity index (χ0n) is 9.83. The van der Waals surface area contributed by atoms with Crippen LogP contribution in [0.15, 0.2) is 22.1 Å². The van der Waals surface area contributed by atoms with Crippen molar-refractivity contribution < 1.29 is 14.3 Å². The van der Waals surface area contributed by atoms with Gasteiger partial charge in [0.1, 0.15) is 5.76 Å². The molecule has 0 bridgehead atoms. The first kappa shape index (κ1) is 12.5. The summed E-state index contributed by atoms with van der Waals surface area (Å²) in [5, 5.41) is 11.9. The summed E-state index contributed by atoms with van der Waals surface area (Å²) in [5.41, 5.74) is 1.90. The Labute approximate surface area is 95.0 Å². The van der Waals surface area contributed by atoms with Crippen molar-refractivity contribution in [2.45, 2.75) is 27.3 Å². The second kappa shape index (κ2) is 5.51. The molecule has 1 aromatic heterocycles. The van der Waals surface area contributed by atoms with Gasteiger partial charge in [0.2, 0.25) is 5.76 Å². The molecular formula is C12H17NO3. The van der Waals surface area contributed by atoms with Gasteiger partial charge in [0.25, 0.3) is 0 Å². The van der Waals surface area contributed by atoms with Crippen molar-refractivity contribution in [1.29, 1.82) is 0 Å². The van der Waals surface area contributed by atoms with E-state index in [1.807, 2.05) is 13.8 Å². The van der Waals surface area contributed by atoms with Gasteiger partial charge >= 0.3 is 5.97 Å². The van der Waals surface area contributed by atoms with Crippen LogP contribution in [0.5, 0.6) is 0 Å². The van der Waals surface area contributed by atoms with Crippen LogP contribution in [0.1, 0.15) is 35.7 Å². The highest BCUT2D eigenvalue weighted by Gasteiger charge is 2.13. The van der Waals surface area contributed by atoms with Gasteiger partial charge < -0.3 is 14.8 Å². The molecule has 0 saturated heterocycles. The summed E-state index contributed by atoms with van der Waals surface area (Å²) in [4.78, 5) is 10.7. The zero-order chi connectivity index (χ0) is 12.1. The molecule has 0 radical (unpaired) electrons. The van der Waals surface area contributed by atoms with Gasteiger partial charge in [-0.3, -0.25) is 0 Å². The van der Waals surface area contributed by atoms with E-state index in [9.17, 15) is 4.79 Å². The first-order valence-electron chi connectivity index (χ1n) is 5.17. The number of carbonyl (C=O) groups is 1. The molecule has 0 aromatic carbocycles. The number of nitrogens with one attached hydrogen (secondary N) is 1. The van der Waals surface area contributed by atoms with Crippen molar-refractivity contribution in [3.63, 3.8) is 0 Å². The number of aromatic carboxylic acids is 1. The highest BCUT2D eigenvalue weighted by atomic mass is 16.4. The molecular weight excluding hydrogens is 206 g/mol. The number of carboxylic acids is 1. The maximum atomic E-state index is 10.7. The first-order valence-corrected chi connectivity index (χ1v) is 5.17. The van der Waals surface area contributed by atoms with Crippen molar-refractivity contribution in [2.75, 3.05) is 6.54 Å². The minimum Gasteiger partial charge on any atom is -0.475 e. The van der Waals surface area contributed by atoms with E-state index < -0.39 is 5.97 Å². The molecule has 0 spiro atoms. The Kier molecular flexibility index (Phi) is 4.31. The molecule has 4 nitrogen and oxygen atoms in total. The lowest BCUT2D eigenvalue weighted by atomic mass is 10.2. The molecule has 0 saturated carbocycles. The Morgan fingerprint density at radius 1 is 1.56 bits per heavy atom. The summed E-state index contributed by atoms with van der Waals surface area (Å²) in [7, 11) is 0. The Hall–Kier alpha value is -1.55. The first-order chi connectivity index (χ1) is 7.50. The smallest absolute Gasteiger partial charge is 0.372 e. The fraction of sp³-hybridized carbons (Fsp3) is 0.417. The molecule has 4 heteroatoms. The molecule has 1 heterocycles. The molecule has 0 aliphatic carbocycles. The third kappa shape index (κ3) is 3.55. The Balaban J connectivity index is 2.52. The van der Waals surface area contributed by atoms with Gasteiger partial charge in [-0.15, -0.1) is 0 Å². The Bertz CT molecular complexity index is 400. The van der Waals surface area contributed by atoms with Crippen molar-refractivity contribution in [3.05, 3.63) is 34.8 Å². The number of furan rings is 1. The number of hydrogen-bond acceptors (Lipinski definition) is 3. The Morgan fingerprint density at radius 3 is 2.75 bits per heavy atom. The van der Waals surface area contributed by atoms with E-state index in [1.165, 1.54) is 5.57 Å². The van der Waals surface area contributed by atoms with Crippen LogP contribution in [-0.4, -0.2) is 17.6 Å². The highest BCUT2D eigenvalue weighted by Crippen LogP contribution is 2.14. The van der Waals surface area contributed by atoms with Gasteiger partial charge in [-0.2, -0.15) is 0 Å². The van der Waals surface area contributed by atoms with E-state index in [-0.39, 0.29) is 5.76 Å². The summed E-state index contributed by atoms with van der Waals surface area (Å²) in [5.74, 6) is -0.343. The maximum absolute atomic E-state index is 10.7. The lowest BCUT2D eigenvalue weighted by Gasteiger charge is -1.98. The SMILES string of the molecule is CC(C)=CCNCc1cc(C)c(C(=O)O)o1. The topological polar surface area (TPSA) is 62.5 Å². The fourth-order valence-corrected chi connectivity index (χ4v) is 1.32. The molecule has 16 heavy (non-hydrogen) atoms. The van der Waals surface area contributed by atoms with Crippen molar-refractivity contribution in [3.8, 4) is 0 Å². The molecule has 0 fully saturated rings. The van der Waals surface area contributed by atoms with E-state index in [0.29, 0.717) is 17.9 Å². The molecule has 1 rings (SSSR count). The average molecular weight is 223 g/mol. The zero-order valence-corrected chi connectivity index (χ0v) is 9.83. The standard InChI is InChI=1S/C12H17NO3/c1-8(2)4-5-13-7-10-6-9(3)11(16-10)12(14)15/h4,6,13H,5,7H2,1-3H3,(H,14,15). The van der Waals surface area contributed by atoms with E-state index in [4.69, 9.17) is 9.52 Å². The average Bonchev–Trinajstić information content (AvgIpc) is 2.54. The van der Waals surface area contributed by atoms with E-state index in [2.05, 4.69) is 11.4 Å². The number of aryl methyl sites for hydroxylation is 1. The van der Waals surface area contributed by atoms with Crippen molar-refractivity contribution >= 4 is 5.97 Å². The van der Waals surface area contributed by atoms with E-state index in [1.54, 1.807) is 13.0 Å². The van der Waals surface area contributed by atoms with Crippen molar-refractivity contribution in [2.24, 2.45) is 0 Å². The lowest BCUT2D eigenvalue weighted by molar-refractivity contribution is 0.0659. The van der Waals surface area contributed by atoms with Crippen LogP contribution >= 0.6 is 0 Å². The Morgan fingerprint density at radius 2 is 2.25 bits per heavy atom. The van der Waals surface area contributed by atoms with Crippen LogP contribution in [0, 0.1) is 6.92 Å².